The van der Waals surface area contributed by atoms with Crippen molar-refractivity contribution in [1.82, 2.24) is 14.5 Å². The van der Waals surface area contributed by atoms with Gasteiger partial charge in [0.1, 0.15) is 0 Å². The molecule has 2 aliphatic carbocycles. The van der Waals surface area contributed by atoms with Gasteiger partial charge in [-0.1, -0.05) is 176 Å². The molecular weight excluding hydrogens is 727 g/mol. The molecule has 3 nitrogen and oxygen atoms in total. The third-order valence-electron chi connectivity index (χ3n) is 13.0. The molecule has 3 heteroatoms. The number of para-hydroxylation sites is 2. The predicted octanol–water partition coefficient (Wildman–Crippen LogP) is 14.1. The highest BCUT2D eigenvalue weighted by molar-refractivity contribution is 6.11. The van der Waals surface area contributed by atoms with Crippen LogP contribution in [0.2, 0.25) is 0 Å². The Morgan fingerprint density at radius 2 is 0.967 bits per heavy atom. The Balaban J connectivity index is 1.08. The largest absolute Gasteiger partial charge is 0.309 e. The van der Waals surface area contributed by atoms with E-state index in [1.165, 1.54) is 77.4 Å². The third-order valence-corrected chi connectivity index (χ3v) is 13.0. The van der Waals surface area contributed by atoms with E-state index in [0.717, 1.165) is 39.2 Å². The Morgan fingerprint density at radius 1 is 0.350 bits per heavy atom. The normalized spacial score (nSPS) is 14.7. The van der Waals surface area contributed by atoms with Gasteiger partial charge in [0.15, 0.2) is 5.82 Å². The van der Waals surface area contributed by atoms with Crippen LogP contribution < -0.4 is 0 Å². The number of aromatic nitrogens is 3. The molecule has 2 heterocycles. The second-order valence-corrected chi connectivity index (χ2v) is 16.0. The van der Waals surface area contributed by atoms with E-state index in [2.05, 4.69) is 217 Å². The topological polar surface area (TPSA) is 30.7 Å². The van der Waals surface area contributed by atoms with Gasteiger partial charge >= 0.3 is 0 Å². The first-order valence-electron chi connectivity index (χ1n) is 20.7. The summed E-state index contributed by atoms with van der Waals surface area (Å²) >= 11 is 0. The lowest BCUT2D eigenvalue weighted by Gasteiger charge is -2.31. The summed E-state index contributed by atoms with van der Waals surface area (Å²) in [5.41, 5.74) is 19.5. The molecule has 0 bridgehead atoms. The first kappa shape index (κ1) is 33.1. The van der Waals surface area contributed by atoms with E-state index in [4.69, 9.17) is 9.97 Å². The van der Waals surface area contributed by atoms with Crippen LogP contribution in [0.15, 0.2) is 212 Å². The molecule has 0 aliphatic heterocycles. The molecule has 0 radical (unpaired) electrons. The summed E-state index contributed by atoms with van der Waals surface area (Å²) in [6, 6.07) is 77.3. The van der Waals surface area contributed by atoms with Crippen LogP contribution in [0, 0.1) is 0 Å². The molecule has 11 aromatic rings. The zero-order chi connectivity index (χ0) is 39.4. The Kier molecular flexibility index (Phi) is 6.93. The fourth-order valence-corrected chi connectivity index (χ4v) is 10.6. The van der Waals surface area contributed by atoms with Crippen LogP contribution in [0.1, 0.15) is 22.3 Å². The van der Waals surface area contributed by atoms with Crippen molar-refractivity contribution >= 4 is 32.7 Å². The summed E-state index contributed by atoms with van der Waals surface area (Å²) in [4.78, 5) is 10.7. The van der Waals surface area contributed by atoms with Gasteiger partial charge in [-0.25, -0.2) is 9.97 Å². The van der Waals surface area contributed by atoms with E-state index in [0.29, 0.717) is 0 Å². The summed E-state index contributed by atoms with van der Waals surface area (Å²) in [7, 11) is 0. The van der Waals surface area contributed by atoms with Gasteiger partial charge in [-0.15, -0.1) is 0 Å². The Hall–Kier alpha value is -7.88. The zero-order valence-corrected chi connectivity index (χ0v) is 32.5. The molecule has 2 aliphatic rings. The van der Waals surface area contributed by atoms with Gasteiger partial charge in [-0.2, -0.15) is 0 Å². The van der Waals surface area contributed by atoms with Crippen molar-refractivity contribution in [3.05, 3.63) is 235 Å². The van der Waals surface area contributed by atoms with Gasteiger partial charge in [-0.3, -0.25) is 0 Å². The van der Waals surface area contributed by atoms with Crippen LogP contribution in [0.5, 0.6) is 0 Å². The van der Waals surface area contributed by atoms with Crippen LogP contribution in [0.4, 0.5) is 0 Å². The van der Waals surface area contributed by atoms with Gasteiger partial charge < -0.3 is 4.57 Å². The Morgan fingerprint density at radius 3 is 1.80 bits per heavy atom. The molecule has 13 rings (SSSR count). The van der Waals surface area contributed by atoms with Crippen LogP contribution in [0.25, 0.3) is 94.4 Å². The molecule has 0 N–H and O–H groups in total. The Labute approximate surface area is 347 Å². The highest BCUT2D eigenvalue weighted by atomic mass is 15.0. The average molecular weight is 762 g/mol. The summed E-state index contributed by atoms with van der Waals surface area (Å²) in [6.45, 7) is 0. The van der Waals surface area contributed by atoms with Crippen LogP contribution >= 0.6 is 0 Å². The molecule has 1 spiro atoms. The number of hydrogen-bond acceptors (Lipinski definition) is 2. The predicted molar refractivity (Wildman–Crippen MR) is 246 cm³/mol. The molecular formula is C57H35N3. The van der Waals surface area contributed by atoms with E-state index in [1.54, 1.807) is 0 Å². The monoisotopic (exact) mass is 761 g/mol. The maximum atomic E-state index is 5.41. The van der Waals surface area contributed by atoms with Gasteiger partial charge in [0, 0.05) is 33.0 Å². The average Bonchev–Trinajstić information content (AvgIpc) is 3.93. The fourth-order valence-electron chi connectivity index (χ4n) is 10.6. The van der Waals surface area contributed by atoms with Crippen molar-refractivity contribution < 1.29 is 0 Å². The van der Waals surface area contributed by atoms with Crippen molar-refractivity contribution in [3.8, 4) is 61.7 Å². The first-order chi connectivity index (χ1) is 29.8. The van der Waals surface area contributed by atoms with Crippen LogP contribution in [0.3, 0.4) is 0 Å². The molecule has 278 valence electrons. The minimum Gasteiger partial charge on any atom is -0.309 e. The van der Waals surface area contributed by atoms with E-state index in [1.807, 2.05) is 0 Å². The second kappa shape index (κ2) is 12.6. The molecule has 1 atom stereocenters. The maximum Gasteiger partial charge on any atom is 0.161 e. The van der Waals surface area contributed by atoms with Crippen molar-refractivity contribution in [1.29, 1.82) is 0 Å². The van der Waals surface area contributed by atoms with Crippen molar-refractivity contribution in [2.75, 3.05) is 0 Å². The molecule has 0 saturated carbocycles. The Bertz CT molecular complexity index is 3550. The second-order valence-electron chi connectivity index (χ2n) is 16.0. The quantitative estimate of drug-likeness (QED) is 0.179. The molecule has 0 saturated heterocycles. The molecule has 0 fully saturated rings. The van der Waals surface area contributed by atoms with E-state index < -0.39 is 5.41 Å². The molecule has 9 aromatic carbocycles. The number of fused-ring (bicyclic) bond motifs is 14. The third kappa shape index (κ3) is 4.49. The summed E-state index contributed by atoms with van der Waals surface area (Å²) in [6.07, 6.45) is 0. The minimum atomic E-state index is -0.553. The summed E-state index contributed by atoms with van der Waals surface area (Å²) < 4.78 is 2.46. The van der Waals surface area contributed by atoms with Gasteiger partial charge in [0.05, 0.1) is 27.7 Å². The van der Waals surface area contributed by atoms with Gasteiger partial charge in [0.2, 0.25) is 0 Å². The summed E-state index contributed by atoms with van der Waals surface area (Å²) in [5, 5.41) is 3.54. The van der Waals surface area contributed by atoms with E-state index in [-0.39, 0.29) is 0 Å². The number of hydrogen-bond donors (Lipinski definition) is 0. The van der Waals surface area contributed by atoms with E-state index in [9.17, 15) is 0 Å². The molecule has 0 amide bonds. The lowest BCUT2D eigenvalue weighted by atomic mass is 9.70. The highest BCUT2D eigenvalue weighted by Crippen LogP contribution is 2.64. The molecule has 2 aromatic heterocycles. The van der Waals surface area contributed by atoms with Crippen molar-refractivity contribution in [3.63, 3.8) is 0 Å². The van der Waals surface area contributed by atoms with Crippen LogP contribution in [-0.2, 0) is 5.41 Å². The number of benzene rings is 9. The van der Waals surface area contributed by atoms with Crippen molar-refractivity contribution in [2.45, 2.75) is 5.41 Å². The molecule has 60 heavy (non-hydrogen) atoms. The standard InChI is InChI=1S/C57H35N3/c1-3-16-36(17-4-1)38-30-33-53-46(34-38)42-21-10-14-29-52(42)60(53)39-31-32-41-40-20-7-11-25-47(40)57(50(41)35-39)48-26-12-8-22-43(48)54-45(24-15-27-49(54)57)56-58-51-28-13-9-23-44(51)55(59-56)37-18-5-2-6-19-37/h1-35H. The van der Waals surface area contributed by atoms with E-state index >= 15 is 0 Å². The van der Waals surface area contributed by atoms with Crippen molar-refractivity contribution in [2.24, 2.45) is 0 Å². The SMILES string of the molecule is c1ccc(-c2ccc3c(c2)c2ccccc2n3-c2ccc3c(c2)C2(c4ccccc4-3)c3ccccc3-c3c(-c4nc(-c5ccccc5)c5ccccc5n4)cccc32)cc1. The smallest absolute Gasteiger partial charge is 0.161 e. The van der Waals surface area contributed by atoms with Gasteiger partial charge in [-0.05, 0) is 92.0 Å². The fraction of sp³-hybridized carbons (Fsp3) is 0.0175. The maximum absolute atomic E-state index is 5.41. The highest BCUT2D eigenvalue weighted by Gasteiger charge is 2.52. The lowest BCUT2D eigenvalue weighted by Crippen LogP contribution is -2.26. The van der Waals surface area contributed by atoms with Crippen LogP contribution in [-0.4, -0.2) is 14.5 Å². The number of nitrogens with zero attached hydrogens (tertiary/aromatic N) is 3. The number of rotatable bonds is 4. The first-order valence-corrected chi connectivity index (χ1v) is 20.7. The molecule has 1 unspecified atom stereocenters. The summed E-state index contributed by atoms with van der Waals surface area (Å²) in [5.74, 6) is 0.733. The van der Waals surface area contributed by atoms with Gasteiger partial charge in [0.25, 0.3) is 0 Å². The lowest BCUT2D eigenvalue weighted by molar-refractivity contribution is 0.792. The minimum absolute atomic E-state index is 0.553. The zero-order valence-electron chi connectivity index (χ0n) is 32.5.